The van der Waals surface area contributed by atoms with Crippen molar-refractivity contribution in [3.8, 4) is 5.75 Å². The van der Waals surface area contributed by atoms with Crippen LogP contribution < -0.4 is 10.1 Å². The van der Waals surface area contributed by atoms with Crippen LogP contribution in [0.5, 0.6) is 5.75 Å². The molecule has 1 aromatic heterocycles. The Balaban J connectivity index is 1.72. The predicted molar refractivity (Wildman–Crippen MR) is 87.7 cm³/mol. The van der Waals surface area contributed by atoms with E-state index in [-0.39, 0.29) is 18.7 Å². The summed E-state index contributed by atoms with van der Waals surface area (Å²) in [6.07, 6.45) is 1.70. The Hall–Kier alpha value is -2.61. The summed E-state index contributed by atoms with van der Waals surface area (Å²) in [6.45, 7) is 5.22. The lowest BCUT2D eigenvalue weighted by atomic mass is 10.1. The van der Waals surface area contributed by atoms with Crippen LogP contribution in [-0.2, 0) is 13.2 Å². The standard InChI is InChI=1S/C16H21N5O3/c1-11(2)21-9-15(18-19-21)17-16(23)20-5-6-24-14-4-3-12(10-22)7-13(14)8-20/h3-4,7,9,11,22H,5-6,8,10H2,1-2H3,(H,17,23). The van der Waals surface area contributed by atoms with E-state index in [1.165, 1.54) is 0 Å². The van der Waals surface area contributed by atoms with E-state index in [9.17, 15) is 9.90 Å². The molecule has 0 unspecified atom stereocenters. The fraction of sp³-hybridized carbons (Fsp3) is 0.438. The van der Waals surface area contributed by atoms with Crippen LogP contribution in [0.2, 0.25) is 0 Å². The highest BCUT2D eigenvalue weighted by molar-refractivity contribution is 5.88. The number of benzene rings is 1. The number of nitrogens with zero attached hydrogens (tertiary/aromatic N) is 4. The van der Waals surface area contributed by atoms with E-state index < -0.39 is 0 Å². The normalized spacial score (nSPS) is 14.1. The quantitative estimate of drug-likeness (QED) is 0.894. The molecule has 2 amide bonds. The molecule has 0 atom stereocenters. The molecule has 0 aliphatic carbocycles. The van der Waals surface area contributed by atoms with Crippen molar-refractivity contribution in [3.63, 3.8) is 0 Å². The first-order valence-corrected chi connectivity index (χ1v) is 7.90. The molecule has 0 radical (unpaired) electrons. The molecule has 2 heterocycles. The first-order chi connectivity index (χ1) is 11.6. The minimum absolute atomic E-state index is 0.0439. The number of carbonyl (C=O) groups is 1. The van der Waals surface area contributed by atoms with Crippen LogP contribution in [0.25, 0.3) is 0 Å². The summed E-state index contributed by atoms with van der Waals surface area (Å²) in [4.78, 5) is 14.2. The maximum atomic E-state index is 12.5. The molecule has 128 valence electrons. The van der Waals surface area contributed by atoms with E-state index in [0.717, 1.165) is 16.9 Å². The van der Waals surface area contributed by atoms with Gasteiger partial charge in [0.1, 0.15) is 12.4 Å². The molecule has 24 heavy (non-hydrogen) atoms. The molecule has 3 rings (SSSR count). The summed E-state index contributed by atoms with van der Waals surface area (Å²) in [5.74, 6) is 1.16. The van der Waals surface area contributed by atoms with Crippen molar-refractivity contribution in [2.75, 3.05) is 18.5 Å². The Morgan fingerprint density at radius 3 is 3.00 bits per heavy atom. The number of aliphatic hydroxyl groups is 1. The molecular formula is C16H21N5O3. The highest BCUT2D eigenvalue weighted by Crippen LogP contribution is 2.24. The number of urea groups is 1. The van der Waals surface area contributed by atoms with Crippen LogP contribution >= 0.6 is 0 Å². The second kappa shape index (κ2) is 6.88. The van der Waals surface area contributed by atoms with E-state index >= 15 is 0 Å². The van der Waals surface area contributed by atoms with E-state index in [0.29, 0.717) is 25.5 Å². The summed E-state index contributed by atoms with van der Waals surface area (Å²) in [5, 5.41) is 20.0. The fourth-order valence-electron chi connectivity index (χ4n) is 2.49. The number of ether oxygens (including phenoxy) is 1. The van der Waals surface area contributed by atoms with Crippen LogP contribution in [-0.4, -0.2) is 44.2 Å². The van der Waals surface area contributed by atoms with Gasteiger partial charge >= 0.3 is 6.03 Å². The Morgan fingerprint density at radius 2 is 2.29 bits per heavy atom. The summed E-state index contributed by atoms with van der Waals surface area (Å²) < 4.78 is 7.36. The average molecular weight is 331 g/mol. The molecule has 1 aliphatic heterocycles. The Kier molecular flexibility index (Phi) is 4.66. The van der Waals surface area contributed by atoms with E-state index in [1.54, 1.807) is 15.8 Å². The average Bonchev–Trinajstić information content (AvgIpc) is 2.93. The first kappa shape index (κ1) is 16.3. The zero-order valence-electron chi connectivity index (χ0n) is 13.8. The van der Waals surface area contributed by atoms with Gasteiger partial charge in [-0.1, -0.05) is 11.3 Å². The SMILES string of the molecule is CC(C)n1cc(NC(=O)N2CCOc3ccc(CO)cc3C2)nn1. The molecule has 8 nitrogen and oxygen atoms in total. The van der Waals surface area contributed by atoms with Gasteiger partial charge in [0.15, 0.2) is 5.82 Å². The van der Waals surface area contributed by atoms with Gasteiger partial charge in [0.25, 0.3) is 0 Å². The third-order valence-corrected chi connectivity index (χ3v) is 3.85. The zero-order valence-corrected chi connectivity index (χ0v) is 13.8. The van der Waals surface area contributed by atoms with Gasteiger partial charge < -0.3 is 14.7 Å². The number of aromatic nitrogens is 3. The van der Waals surface area contributed by atoms with E-state index in [4.69, 9.17) is 4.74 Å². The van der Waals surface area contributed by atoms with E-state index in [1.807, 2.05) is 32.0 Å². The van der Waals surface area contributed by atoms with Crippen molar-refractivity contribution in [2.24, 2.45) is 0 Å². The molecule has 0 saturated carbocycles. The van der Waals surface area contributed by atoms with Gasteiger partial charge in [-0.05, 0) is 31.5 Å². The van der Waals surface area contributed by atoms with Crippen LogP contribution in [0, 0.1) is 0 Å². The number of rotatable bonds is 3. The number of aliphatic hydroxyl groups excluding tert-OH is 1. The number of anilines is 1. The number of fused-ring (bicyclic) bond motifs is 1. The third-order valence-electron chi connectivity index (χ3n) is 3.85. The minimum Gasteiger partial charge on any atom is -0.491 e. The van der Waals surface area contributed by atoms with Crippen LogP contribution in [0.4, 0.5) is 10.6 Å². The number of amides is 2. The molecule has 2 N–H and O–H groups in total. The van der Waals surface area contributed by atoms with Crippen molar-refractivity contribution >= 4 is 11.8 Å². The monoisotopic (exact) mass is 331 g/mol. The van der Waals surface area contributed by atoms with Crippen molar-refractivity contribution in [3.05, 3.63) is 35.5 Å². The number of carbonyl (C=O) groups excluding carboxylic acids is 1. The Morgan fingerprint density at radius 1 is 1.46 bits per heavy atom. The maximum Gasteiger partial charge on any atom is 0.323 e. The van der Waals surface area contributed by atoms with Gasteiger partial charge in [-0.3, -0.25) is 5.32 Å². The molecule has 0 spiro atoms. The van der Waals surface area contributed by atoms with Crippen LogP contribution in [0.3, 0.4) is 0 Å². The molecule has 8 heteroatoms. The number of hydrogen-bond acceptors (Lipinski definition) is 5. The molecule has 1 aliphatic rings. The Bertz CT molecular complexity index is 728. The highest BCUT2D eigenvalue weighted by atomic mass is 16.5. The number of nitrogens with one attached hydrogen (secondary N) is 1. The molecule has 2 aromatic rings. The second-order valence-corrected chi connectivity index (χ2v) is 5.98. The smallest absolute Gasteiger partial charge is 0.323 e. The molecule has 1 aromatic carbocycles. The van der Waals surface area contributed by atoms with Crippen LogP contribution in [0.1, 0.15) is 31.0 Å². The molecule has 0 bridgehead atoms. The van der Waals surface area contributed by atoms with Crippen molar-refractivity contribution in [1.82, 2.24) is 19.9 Å². The molecular weight excluding hydrogens is 310 g/mol. The summed E-state index contributed by atoms with van der Waals surface area (Å²) >= 11 is 0. The van der Waals surface area contributed by atoms with Gasteiger partial charge in [0.05, 0.1) is 25.9 Å². The lowest BCUT2D eigenvalue weighted by Gasteiger charge is -2.19. The first-order valence-electron chi connectivity index (χ1n) is 7.90. The van der Waals surface area contributed by atoms with Gasteiger partial charge in [-0.2, -0.15) is 0 Å². The van der Waals surface area contributed by atoms with Gasteiger partial charge in [0, 0.05) is 11.6 Å². The third kappa shape index (κ3) is 3.48. The van der Waals surface area contributed by atoms with Gasteiger partial charge in [-0.15, -0.1) is 5.10 Å². The molecule has 0 fully saturated rings. The van der Waals surface area contributed by atoms with Crippen LogP contribution in [0.15, 0.2) is 24.4 Å². The molecule has 0 saturated heterocycles. The second-order valence-electron chi connectivity index (χ2n) is 5.98. The lowest BCUT2D eigenvalue weighted by molar-refractivity contribution is 0.200. The summed E-state index contributed by atoms with van der Waals surface area (Å²) in [5.41, 5.74) is 1.67. The van der Waals surface area contributed by atoms with Gasteiger partial charge in [0.2, 0.25) is 0 Å². The highest BCUT2D eigenvalue weighted by Gasteiger charge is 2.21. The predicted octanol–water partition coefficient (Wildman–Crippen LogP) is 1.78. The summed E-state index contributed by atoms with van der Waals surface area (Å²) in [7, 11) is 0. The minimum atomic E-state index is -0.253. The fourth-order valence-corrected chi connectivity index (χ4v) is 2.49. The van der Waals surface area contributed by atoms with Crippen molar-refractivity contribution < 1.29 is 14.6 Å². The maximum absolute atomic E-state index is 12.5. The lowest BCUT2D eigenvalue weighted by Crippen LogP contribution is -2.36. The summed E-state index contributed by atoms with van der Waals surface area (Å²) in [6, 6.07) is 5.43. The van der Waals surface area contributed by atoms with Crippen molar-refractivity contribution in [1.29, 1.82) is 0 Å². The van der Waals surface area contributed by atoms with Crippen molar-refractivity contribution in [2.45, 2.75) is 33.0 Å². The number of hydrogen-bond donors (Lipinski definition) is 2. The Labute approximate surface area is 140 Å². The van der Waals surface area contributed by atoms with Gasteiger partial charge in [-0.25, -0.2) is 9.48 Å². The largest absolute Gasteiger partial charge is 0.491 e. The topological polar surface area (TPSA) is 92.5 Å². The van der Waals surface area contributed by atoms with E-state index in [2.05, 4.69) is 15.6 Å². The zero-order chi connectivity index (χ0) is 17.1.